The Kier molecular flexibility index (Phi) is 4.72. The summed E-state index contributed by atoms with van der Waals surface area (Å²) in [4.78, 5) is 12.1. The van der Waals surface area contributed by atoms with Gasteiger partial charge < -0.3 is 10.7 Å². The number of hydrogen-bond donors (Lipinski definition) is 3. The van der Waals surface area contributed by atoms with Crippen molar-refractivity contribution in [2.24, 2.45) is 5.84 Å². The molecule has 2 aromatic carbocycles. The monoisotopic (exact) mass is 311 g/mol. The van der Waals surface area contributed by atoms with Crippen molar-refractivity contribution in [2.75, 3.05) is 5.43 Å². The molecule has 0 saturated heterocycles. The summed E-state index contributed by atoms with van der Waals surface area (Å²) in [5.74, 6) is 3.63. The Morgan fingerprint density at radius 3 is 2.67 bits per heavy atom. The average molecular weight is 312 g/mol. The minimum absolute atomic E-state index is 0.0487. The molecule has 2 aromatic rings. The topological polar surface area (TPSA) is 67.1 Å². The number of anilines is 1. The van der Waals surface area contributed by atoms with Gasteiger partial charge in [0.15, 0.2) is 0 Å². The van der Waals surface area contributed by atoms with Crippen molar-refractivity contribution in [3.63, 3.8) is 0 Å². The lowest BCUT2D eigenvalue weighted by atomic mass is 10.1. The predicted octanol–water partition coefficient (Wildman–Crippen LogP) is 2.83. The van der Waals surface area contributed by atoms with Gasteiger partial charge in [-0.05, 0) is 36.4 Å². The van der Waals surface area contributed by atoms with Crippen LogP contribution in [0.25, 0.3) is 0 Å². The summed E-state index contributed by atoms with van der Waals surface area (Å²) >= 11 is 5.82. The van der Waals surface area contributed by atoms with Gasteiger partial charge in [0.2, 0.25) is 0 Å². The number of hydrazine groups is 1. The molecule has 0 fully saturated rings. The summed E-state index contributed by atoms with van der Waals surface area (Å²) in [6.07, 6.45) is 0. The van der Waals surface area contributed by atoms with E-state index in [0.717, 1.165) is 18.2 Å². The fourth-order valence-corrected chi connectivity index (χ4v) is 1.95. The van der Waals surface area contributed by atoms with Crippen LogP contribution in [0.15, 0.2) is 36.4 Å². The second-order valence-corrected chi connectivity index (χ2v) is 4.69. The van der Waals surface area contributed by atoms with Crippen LogP contribution in [-0.2, 0) is 6.54 Å². The number of carbonyl (C=O) groups is 1. The maximum Gasteiger partial charge on any atom is 0.253 e. The molecule has 0 aliphatic rings. The summed E-state index contributed by atoms with van der Waals surface area (Å²) in [6, 6.07) is 7.57. The molecule has 0 atom stereocenters. The summed E-state index contributed by atoms with van der Waals surface area (Å²) < 4.78 is 26.5. The Bertz CT molecular complexity index is 679. The molecule has 2 rings (SSSR count). The van der Waals surface area contributed by atoms with Crippen LogP contribution >= 0.6 is 11.6 Å². The maximum atomic E-state index is 13.5. The van der Waals surface area contributed by atoms with Crippen molar-refractivity contribution < 1.29 is 13.6 Å². The molecule has 0 aliphatic heterocycles. The number of nitrogens with two attached hydrogens (primary N) is 1. The highest BCUT2D eigenvalue weighted by molar-refractivity contribution is 6.31. The van der Waals surface area contributed by atoms with Crippen LogP contribution < -0.4 is 16.6 Å². The first kappa shape index (κ1) is 15.2. The number of nitrogen functional groups attached to an aromatic ring is 1. The zero-order valence-corrected chi connectivity index (χ0v) is 11.5. The zero-order chi connectivity index (χ0) is 15.4. The standard InChI is InChI=1S/C14H12ClF2N3O/c15-9-1-4-13(20-18)11(6-9)14(21)19-7-8-5-10(16)2-3-12(8)17/h1-6,20H,7,18H2,(H,19,21). The van der Waals surface area contributed by atoms with E-state index in [1.54, 1.807) is 12.1 Å². The van der Waals surface area contributed by atoms with Crippen LogP contribution in [0.5, 0.6) is 0 Å². The number of benzene rings is 2. The first-order valence-corrected chi connectivity index (χ1v) is 6.37. The second kappa shape index (κ2) is 6.51. The fraction of sp³-hybridized carbons (Fsp3) is 0.0714. The van der Waals surface area contributed by atoms with Gasteiger partial charge in [0.25, 0.3) is 5.91 Å². The maximum absolute atomic E-state index is 13.5. The number of amides is 1. The SMILES string of the molecule is NNc1ccc(Cl)cc1C(=O)NCc1cc(F)ccc1F. The van der Waals surface area contributed by atoms with Crippen LogP contribution in [0.1, 0.15) is 15.9 Å². The molecule has 0 unspecified atom stereocenters. The Morgan fingerprint density at radius 2 is 1.95 bits per heavy atom. The molecule has 1 amide bonds. The van der Waals surface area contributed by atoms with E-state index in [9.17, 15) is 13.6 Å². The van der Waals surface area contributed by atoms with Crippen LogP contribution in [-0.4, -0.2) is 5.91 Å². The Hall–Kier alpha value is -2.18. The molecular weight excluding hydrogens is 300 g/mol. The molecule has 0 bridgehead atoms. The molecule has 110 valence electrons. The lowest BCUT2D eigenvalue weighted by Gasteiger charge is -2.10. The van der Waals surface area contributed by atoms with E-state index in [2.05, 4.69) is 10.7 Å². The molecule has 0 radical (unpaired) electrons. The van der Waals surface area contributed by atoms with Crippen molar-refractivity contribution in [1.29, 1.82) is 0 Å². The molecule has 7 heteroatoms. The number of halogens is 3. The predicted molar refractivity (Wildman–Crippen MR) is 76.8 cm³/mol. The van der Waals surface area contributed by atoms with E-state index in [4.69, 9.17) is 17.4 Å². The average Bonchev–Trinajstić information content (AvgIpc) is 2.47. The zero-order valence-electron chi connectivity index (χ0n) is 10.8. The largest absolute Gasteiger partial charge is 0.348 e. The minimum Gasteiger partial charge on any atom is -0.348 e. The summed E-state index contributed by atoms with van der Waals surface area (Å²) in [5.41, 5.74) is 3.00. The third-order valence-electron chi connectivity index (χ3n) is 2.83. The van der Waals surface area contributed by atoms with E-state index >= 15 is 0 Å². The van der Waals surface area contributed by atoms with Gasteiger partial charge in [-0.3, -0.25) is 10.6 Å². The highest BCUT2D eigenvalue weighted by Crippen LogP contribution is 2.20. The third-order valence-corrected chi connectivity index (χ3v) is 3.06. The smallest absolute Gasteiger partial charge is 0.253 e. The van der Waals surface area contributed by atoms with Crippen LogP contribution in [0.4, 0.5) is 14.5 Å². The van der Waals surface area contributed by atoms with Crippen molar-refractivity contribution in [1.82, 2.24) is 5.32 Å². The highest BCUT2D eigenvalue weighted by Gasteiger charge is 2.12. The third kappa shape index (κ3) is 3.68. The second-order valence-electron chi connectivity index (χ2n) is 4.25. The first-order valence-electron chi connectivity index (χ1n) is 5.99. The fourth-order valence-electron chi connectivity index (χ4n) is 1.78. The van der Waals surface area contributed by atoms with E-state index in [1.165, 1.54) is 6.07 Å². The quantitative estimate of drug-likeness (QED) is 0.601. The van der Waals surface area contributed by atoms with Gasteiger partial charge in [0.05, 0.1) is 11.3 Å². The summed E-state index contributed by atoms with van der Waals surface area (Å²) in [5, 5.41) is 2.84. The van der Waals surface area contributed by atoms with Gasteiger partial charge in [-0.15, -0.1) is 0 Å². The lowest BCUT2D eigenvalue weighted by molar-refractivity contribution is 0.0951. The molecule has 0 heterocycles. The van der Waals surface area contributed by atoms with E-state index in [1.807, 2.05) is 0 Å². The highest BCUT2D eigenvalue weighted by atomic mass is 35.5. The summed E-state index contributed by atoms with van der Waals surface area (Å²) in [6.45, 7) is -0.154. The normalized spacial score (nSPS) is 10.3. The molecule has 0 aliphatic carbocycles. The van der Waals surface area contributed by atoms with Gasteiger partial charge >= 0.3 is 0 Å². The van der Waals surface area contributed by atoms with Gasteiger partial charge in [-0.2, -0.15) is 0 Å². The molecule has 4 nitrogen and oxygen atoms in total. The number of hydrogen-bond acceptors (Lipinski definition) is 3. The Labute approximate surface area is 124 Å². The molecule has 0 aromatic heterocycles. The van der Waals surface area contributed by atoms with Gasteiger partial charge in [0, 0.05) is 17.1 Å². The van der Waals surface area contributed by atoms with E-state index in [-0.39, 0.29) is 17.7 Å². The molecular formula is C14H12ClF2N3O. The molecule has 0 spiro atoms. The van der Waals surface area contributed by atoms with Gasteiger partial charge in [-0.25, -0.2) is 8.78 Å². The first-order chi connectivity index (χ1) is 10.0. The van der Waals surface area contributed by atoms with E-state index < -0.39 is 17.5 Å². The molecule has 21 heavy (non-hydrogen) atoms. The van der Waals surface area contributed by atoms with Gasteiger partial charge in [-0.1, -0.05) is 11.6 Å². The summed E-state index contributed by atoms with van der Waals surface area (Å²) in [7, 11) is 0. The number of carbonyl (C=O) groups excluding carboxylic acids is 1. The Balaban J connectivity index is 2.15. The van der Waals surface area contributed by atoms with Gasteiger partial charge in [0.1, 0.15) is 11.6 Å². The van der Waals surface area contributed by atoms with Crippen molar-refractivity contribution in [3.8, 4) is 0 Å². The van der Waals surface area contributed by atoms with Crippen LogP contribution in [0, 0.1) is 11.6 Å². The van der Waals surface area contributed by atoms with Crippen LogP contribution in [0.2, 0.25) is 5.02 Å². The lowest BCUT2D eigenvalue weighted by Crippen LogP contribution is -2.25. The van der Waals surface area contributed by atoms with Crippen molar-refractivity contribution >= 4 is 23.2 Å². The van der Waals surface area contributed by atoms with Crippen molar-refractivity contribution in [2.45, 2.75) is 6.54 Å². The minimum atomic E-state index is -0.597. The number of rotatable bonds is 4. The Morgan fingerprint density at radius 1 is 1.19 bits per heavy atom. The van der Waals surface area contributed by atoms with Crippen LogP contribution in [0.3, 0.4) is 0 Å². The number of nitrogens with one attached hydrogen (secondary N) is 2. The molecule has 4 N–H and O–H groups in total. The molecule has 0 saturated carbocycles. The van der Waals surface area contributed by atoms with Crippen molar-refractivity contribution in [3.05, 3.63) is 64.2 Å². The van der Waals surface area contributed by atoms with E-state index in [0.29, 0.717) is 10.7 Å².